The van der Waals surface area contributed by atoms with Gasteiger partial charge in [0.15, 0.2) is 5.78 Å². The Labute approximate surface area is 59.1 Å². The molecule has 1 atom stereocenters. The second-order valence-electron chi connectivity index (χ2n) is 2.22. The zero-order valence-corrected chi connectivity index (χ0v) is 5.74. The van der Waals surface area contributed by atoms with Gasteiger partial charge in [0.1, 0.15) is 0 Å². The van der Waals surface area contributed by atoms with Crippen LogP contribution < -0.4 is 0 Å². The van der Waals surface area contributed by atoms with Crippen LogP contribution in [0.15, 0.2) is 17.3 Å². The third-order valence-corrected chi connectivity index (χ3v) is 1.55. The highest BCUT2D eigenvalue weighted by Gasteiger charge is 2.19. The Kier molecular flexibility index (Phi) is 1.97. The molecule has 0 fully saturated rings. The average molecular weight is 139 g/mol. The van der Waals surface area contributed by atoms with E-state index >= 15 is 0 Å². The first-order chi connectivity index (χ1) is 4.75. The Morgan fingerprint density at radius 2 is 2.50 bits per heavy atom. The van der Waals surface area contributed by atoms with E-state index in [1.807, 2.05) is 0 Å². The van der Waals surface area contributed by atoms with Crippen LogP contribution in [-0.2, 0) is 4.79 Å². The number of rotatable bonds is 1. The maximum absolute atomic E-state index is 10.9. The molecule has 0 aromatic heterocycles. The monoisotopic (exact) mass is 139 g/mol. The van der Waals surface area contributed by atoms with E-state index < -0.39 is 5.92 Å². The van der Waals surface area contributed by atoms with Crippen molar-refractivity contribution in [2.24, 2.45) is 10.9 Å². The molecule has 0 aromatic rings. The number of aliphatic imine (C=N–C) groups is 1. The number of hydrogen-bond donors (Lipinski definition) is 1. The molecule has 0 amide bonds. The lowest BCUT2D eigenvalue weighted by atomic mass is 9.98. The fraction of sp³-hybridized carbons (Fsp3) is 0.429. The van der Waals surface area contributed by atoms with E-state index in [0.29, 0.717) is 5.71 Å². The van der Waals surface area contributed by atoms with Crippen LogP contribution in [0.3, 0.4) is 0 Å². The van der Waals surface area contributed by atoms with Gasteiger partial charge < -0.3 is 5.11 Å². The minimum Gasteiger partial charge on any atom is -0.395 e. The minimum atomic E-state index is -0.398. The fourth-order valence-corrected chi connectivity index (χ4v) is 0.862. The molecule has 0 aromatic carbocycles. The van der Waals surface area contributed by atoms with E-state index in [4.69, 9.17) is 5.11 Å². The van der Waals surface area contributed by atoms with E-state index in [0.717, 1.165) is 0 Å². The molecule has 0 spiro atoms. The van der Waals surface area contributed by atoms with Crippen LogP contribution in [0.2, 0.25) is 0 Å². The van der Waals surface area contributed by atoms with Gasteiger partial charge in [-0.05, 0) is 6.92 Å². The van der Waals surface area contributed by atoms with E-state index in [1.165, 1.54) is 12.3 Å². The fourth-order valence-electron chi connectivity index (χ4n) is 0.862. The molecule has 1 aliphatic rings. The van der Waals surface area contributed by atoms with Gasteiger partial charge in [-0.3, -0.25) is 9.79 Å². The molecule has 0 saturated heterocycles. The summed E-state index contributed by atoms with van der Waals surface area (Å²) in [6, 6.07) is 0. The Hall–Kier alpha value is -0.960. The third-order valence-electron chi connectivity index (χ3n) is 1.55. The highest BCUT2D eigenvalue weighted by Crippen LogP contribution is 2.07. The van der Waals surface area contributed by atoms with E-state index in [1.54, 1.807) is 6.92 Å². The van der Waals surface area contributed by atoms with E-state index in [2.05, 4.69) is 4.99 Å². The standard InChI is InChI=1S/C7H9NO2/c1-5-6(4-9)7(10)2-3-8-5/h2-3,6,9H,4H2,1H3. The van der Waals surface area contributed by atoms with Crippen molar-refractivity contribution < 1.29 is 9.90 Å². The van der Waals surface area contributed by atoms with Gasteiger partial charge in [0, 0.05) is 18.0 Å². The van der Waals surface area contributed by atoms with Gasteiger partial charge in [0.25, 0.3) is 0 Å². The average Bonchev–Trinajstić information content (AvgIpc) is 1.88. The number of hydrogen-bond acceptors (Lipinski definition) is 3. The number of aliphatic hydroxyl groups is 1. The molecule has 3 nitrogen and oxygen atoms in total. The SMILES string of the molecule is CC1=NC=CC(=O)C1CO. The molecule has 0 saturated carbocycles. The maximum atomic E-state index is 10.9. The van der Waals surface area contributed by atoms with Crippen molar-refractivity contribution in [1.29, 1.82) is 0 Å². The normalized spacial score (nSPS) is 24.8. The van der Waals surface area contributed by atoms with Crippen molar-refractivity contribution in [3.8, 4) is 0 Å². The number of allylic oxidation sites excluding steroid dienone is 1. The van der Waals surface area contributed by atoms with Gasteiger partial charge in [-0.15, -0.1) is 0 Å². The zero-order valence-electron chi connectivity index (χ0n) is 5.74. The summed E-state index contributed by atoms with van der Waals surface area (Å²) in [5.74, 6) is -0.458. The van der Waals surface area contributed by atoms with Crippen LogP contribution in [0.4, 0.5) is 0 Å². The van der Waals surface area contributed by atoms with Gasteiger partial charge in [0.05, 0.1) is 12.5 Å². The van der Waals surface area contributed by atoms with Crippen LogP contribution in [0, 0.1) is 5.92 Å². The van der Waals surface area contributed by atoms with Crippen molar-refractivity contribution in [2.75, 3.05) is 6.61 Å². The summed E-state index contributed by atoms with van der Waals surface area (Å²) in [7, 11) is 0. The van der Waals surface area contributed by atoms with Crippen LogP contribution in [0.1, 0.15) is 6.92 Å². The zero-order chi connectivity index (χ0) is 7.56. The number of carbonyl (C=O) groups excluding carboxylic acids is 1. The molecule has 0 aliphatic carbocycles. The molecule has 1 rings (SSSR count). The van der Waals surface area contributed by atoms with E-state index in [-0.39, 0.29) is 12.4 Å². The molecule has 3 heteroatoms. The highest BCUT2D eigenvalue weighted by atomic mass is 16.3. The van der Waals surface area contributed by atoms with Crippen LogP contribution in [0.5, 0.6) is 0 Å². The second-order valence-corrected chi connectivity index (χ2v) is 2.22. The van der Waals surface area contributed by atoms with Gasteiger partial charge in [0.2, 0.25) is 0 Å². The highest BCUT2D eigenvalue weighted by molar-refractivity contribution is 6.10. The number of aliphatic hydroxyl groups excluding tert-OH is 1. The van der Waals surface area contributed by atoms with Crippen LogP contribution in [0.25, 0.3) is 0 Å². The summed E-state index contributed by atoms with van der Waals surface area (Å²) in [5.41, 5.74) is 0.690. The van der Waals surface area contributed by atoms with Gasteiger partial charge >= 0.3 is 0 Å². The number of carbonyl (C=O) groups is 1. The van der Waals surface area contributed by atoms with Crippen LogP contribution >= 0.6 is 0 Å². The number of nitrogens with zero attached hydrogens (tertiary/aromatic N) is 1. The Morgan fingerprint density at radius 1 is 1.80 bits per heavy atom. The topological polar surface area (TPSA) is 49.7 Å². The lowest BCUT2D eigenvalue weighted by Crippen LogP contribution is -2.25. The predicted molar refractivity (Wildman–Crippen MR) is 37.8 cm³/mol. The molecule has 54 valence electrons. The van der Waals surface area contributed by atoms with Crippen molar-refractivity contribution in [2.45, 2.75) is 6.92 Å². The first-order valence-electron chi connectivity index (χ1n) is 3.11. The largest absolute Gasteiger partial charge is 0.395 e. The second kappa shape index (κ2) is 2.75. The first-order valence-corrected chi connectivity index (χ1v) is 3.11. The van der Waals surface area contributed by atoms with Crippen molar-refractivity contribution in [3.05, 3.63) is 12.3 Å². The smallest absolute Gasteiger partial charge is 0.168 e. The Bertz CT molecular complexity index is 206. The number of ketones is 1. The third kappa shape index (κ3) is 1.14. The van der Waals surface area contributed by atoms with Gasteiger partial charge in [-0.2, -0.15) is 0 Å². The molecule has 1 heterocycles. The van der Waals surface area contributed by atoms with Crippen LogP contribution in [-0.4, -0.2) is 23.2 Å². The predicted octanol–water partition coefficient (Wildman–Crippen LogP) is 0.152. The maximum Gasteiger partial charge on any atom is 0.168 e. The molecule has 1 N–H and O–H groups in total. The molecule has 0 bridgehead atoms. The first kappa shape index (κ1) is 7.15. The molecule has 1 aliphatic heterocycles. The minimum absolute atomic E-state index is 0.0602. The molecule has 0 radical (unpaired) electrons. The molecule has 10 heavy (non-hydrogen) atoms. The molecular weight excluding hydrogens is 130 g/mol. The van der Waals surface area contributed by atoms with Crippen molar-refractivity contribution in [1.82, 2.24) is 0 Å². The Balaban J connectivity index is 2.81. The van der Waals surface area contributed by atoms with Gasteiger partial charge in [-0.1, -0.05) is 0 Å². The summed E-state index contributed by atoms with van der Waals surface area (Å²) in [5, 5.41) is 8.70. The lowest BCUT2D eigenvalue weighted by molar-refractivity contribution is -0.117. The lowest BCUT2D eigenvalue weighted by Gasteiger charge is -2.11. The Morgan fingerprint density at radius 3 is 2.90 bits per heavy atom. The van der Waals surface area contributed by atoms with Crippen molar-refractivity contribution in [3.63, 3.8) is 0 Å². The van der Waals surface area contributed by atoms with Crippen molar-refractivity contribution >= 4 is 11.5 Å². The summed E-state index contributed by atoms with van der Waals surface area (Å²) in [4.78, 5) is 14.8. The van der Waals surface area contributed by atoms with E-state index in [9.17, 15) is 4.79 Å². The molecular formula is C7H9NO2. The van der Waals surface area contributed by atoms with Gasteiger partial charge in [-0.25, -0.2) is 0 Å². The summed E-state index contributed by atoms with van der Waals surface area (Å²) >= 11 is 0. The summed E-state index contributed by atoms with van der Waals surface area (Å²) in [6.07, 6.45) is 2.84. The summed E-state index contributed by atoms with van der Waals surface area (Å²) < 4.78 is 0. The molecule has 1 unspecified atom stereocenters. The quantitative estimate of drug-likeness (QED) is 0.562. The summed E-state index contributed by atoms with van der Waals surface area (Å²) in [6.45, 7) is 1.60.